The molecule has 0 saturated heterocycles. The zero-order valence-electron chi connectivity index (χ0n) is 15.3. The molecule has 0 saturated carbocycles. The van der Waals surface area contributed by atoms with Crippen molar-refractivity contribution < 1.29 is 30.7 Å². The van der Waals surface area contributed by atoms with Crippen LogP contribution in [-0.2, 0) is 30.7 Å². The summed E-state index contributed by atoms with van der Waals surface area (Å²) in [6, 6.07) is 0. The van der Waals surface area contributed by atoms with Crippen molar-refractivity contribution in [2.24, 2.45) is 5.92 Å². The van der Waals surface area contributed by atoms with Crippen LogP contribution in [0.3, 0.4) is 0 Å². The third-order valence-electron chi connectivity index (χ3n) is 4.05. The second kappa shape index (κ2) is 15.4. The molecule has 0 aliphatic carbocycles. The molecule has 0 heterocycles. The van der Waals surface area contributed by atoms with Gasteiger partial charge >= 0.3 is 21.1 Å². The number of hydrogen-bond donors (Lipinski definition) is 0. The number of allylic oxidation sites excluding steroid dienone is 4. The molecule has 0 bridgehead atoms. The van der Waals surface area contributed by atoms with Gasteiger partial charge in [0.15, 0.2) is 5.78 Å². The minimum absolute atomic E-state index is 0. The number of carbonyl (C=O) groups is 1. The van der Waals surface area contributed by atoms with Crippen molar-refractivity contribution >= 4 is 12.1 Å². The summed E-state index contributed by atoms with van der Waals surface area (Å²) in [7, 11) is 0. The molecule has 0 unspecified atom stereocenters. The van der Waals surface area contributed by atoms with E-state index in [1.165, 1.54) is 18.4 Å². The second-order valence-electron chi connectivity index (χ2n) is 5.77. The van der Waals surface area contributed by atoms with Gasteiger partial charge in [0, 0.05) is 0 Å². The average Bonchev–Trinajstić information content (AvgIpc) is 2.49. The molecular formula is C19H32O2W. The number of carbonyl (C=O) groups excluding carboxylic acids is 2. The topological polar surface area (TPSA) is 34.1 Å². The van der Waals surface area contributed by atoms with Gasteiger partial charge in [-0.25, -0.2) is 5.57 Å². The molecule has 3 heteroatoms. The molecule has 0 amide bonds. The van der Waals surface area contributed by atoms with E-state index in [9.17, 15) is 9.59 Å². The van der Waals surface area contributed by atoms with Gasteiger partial charge in [0.1, 0.15) is 0 Å². The Balaban J connectivity index is -0.000000326. The number of ketones is 1. The van der Waals surface area contributed by atoms with Crippen LogP contribution in [-0.4, -0.2) is 12.1 Å². The second-order valence-corrected chi connectivity index (χ2v) is 5.77. The maximum absolute atomic E-state index is 10.7. The van der Waals surface area contributed by atoms with Crippen molar-refractivity contribution in [2.45, 2.75) is 74.1 Å². The fourth-order valence-electron chi connectivity index (χ4n) is 1.43. The summed E-state index contributed by atoms with van der Waals surface area (Å²) in [6.07, 6.45) is 6.10. The third-order valence-corrected chi connectivity index (χ3v) is 4.05. The van der Waals surface area contributed by atoms with Crippen LogP contribution in [0.1, 0.15) is 74.1 Å². The zero-order valence-corrected chi connectivity index (χ0v) is 18.3. The van der Waals surface area contributed by atoms with E-state index in [4.69, 9.17) is 0 Å². The Bertz CT molecular complexity index is 392. The minimum Gasteiger partial charge on any atom is -0.419 e. The van der Waals surface area contributed by atoms with Gasteiger partial charge in [-0.15, -0.1) is 6.92 Å². The minimum atomic E-state index is 0. The molecule has 0 aliphatic heterocycles. The van der Waals surface area contributed by atoms with E-state index in [-0.39, 0.29) is 26.8 Å². The van der Waals surface area contributed by atoms with Gasteiger partial charge in [-0.3, -0.25) is 4.79 Å². The van der Waals surface area contributed by atoms with Gasteiger partial charge in [0.2, 0.25) is 0 Å². The van der Waals surface area contributed by atoms with Crippen molar-refractivity contribution in [3.8, 4) is 0 Å². The smallest absolute Gasteiger partial charge is 0.419 e. The summed E-state index contributed by atoms with van der Waals surface area (Å²) in [4.78, 5) is 20.9. The van der Waals surface area contributed by atoms with Crippen molar-refractivity contribution in [3.63, 3.8) is 0 Å². The number of Topliss-reactive ketones (excluding diaryl/α,β-unsaturated/α-hetero) is 1. The van der Waals surface area contributed by atoms with E-state index in [0.29, 0.717) is 0 Å². The van der Waals surface area contributed by atoms with Crippen LogP contribution in [0, 0.1) is 12.8 Å². The van der Waals surface area contributed by atoms with E-state index < -0.39 is 0 Å². The standard InChI is InChI=1S/C11H19O.C8H13O.W/c1-5-9(2)6-7-10(3)11(4)8-12;1-5-6(2)7(3)8(4)9;/h9H,5-7H2,1-4H3;1,5H2,2-4H3;/q2*-1;+2/b11-10+;7-6+;/t9-;;/m0../s1. The molecule has 0 rings (SSSR count). The molecule has 2 nitrogen and oxygen atoms in total. The van der Waals surface area contributed by atoms with E-state index >= 15 is 0 Å². The van der Waals surface area contributed by atoms with Crippen LogP contribution < -0.4 is 0 Å². The predicted octanol–water partition coefficient (Wildman–Crippen LogP) is 5.39. The Morgan fingerprint density at radius 2 is 1.59 bits per heavy atom. The maximum Gasteiger partial charge on any atom is 2.00 e. The molecule has 0 aromatic heterocycles. The van der Waals surface area contributed by atoms with Gasteiger partial charge in [-0.05, 0) is 38.5 Å². The molecule has 1 atom stereocenters. The predicted molar refractivity (Wildman–Crippen MR) is 91.8 cm³/mol. The van der Waals surface area contributed by atoms with Gasteiger partial charge in [-0.1, -0.05) is 45.6 Å². The third kappa shape index (κ3) is 13.2. The van der Waals surface area contributed by atoms with Crippen molar-refractivity contribution in [3.05, 3.63) is 29.2 Å². The summed E-state index contributed by atoms with van der Waals surface area (Å²) >= 11 is 0. The van der Waals surface area contributed by atoms with Gasteiger partial charge < -0.3 is 11.7 Å². The normalized spacial score (nSPS) is 13.6. The molecule has 22 heavy (non-hydrogen) atoms. The summed E-state index contributed by atoms with van der Waals surface area (Å²) in [5.41, 5.74) is 3.90. The molecule has 0 N–H and O–H groups in total. The van der Waals surface area contributed by atoms with Crippen LogP contribution in [0.15, 0.2) is 22.3 Å². The molecule has 0 aliphatic rings. The maximum atomic E-state index is 10.7. The van der Waals surface area contributed by atoms with Crippen LogP contribution in [0.5, 0.6) is 0 Å². The van der Waals surface area contributed by atoms with Crippen LogP contribution >= 0.6 is 0 Å². The van der Waals surface area contributed by atoms with E-state index in [2.05, 4.69) is 20.8 Å². The Hall–Kier alpha value is -0.492. The monoisotopic (exact) mass is 476 g/mol. The first kappa shape index (κ1) is 26.4. The number of hydrogen-bond acceptors (Lipinski definition) is 2. The summed E-state index contributed by atoms with van der Waals surface area (Å²) in [5, 5.41) is 0. The Kier molecular flexibility index (Phi) is 18.5. The Labute approximate surface area is 152 Å². The molecular weight excluding hydrogens is 444 g/mol. The fourth-order valence-corrected chi connectivity index (χ4v) is 1.43. The van der Waals surface area contributed by atoms with Crippen LogP contribution in [0.4, 0.5) is 0 Å². The quantitative estimate of drug-likeness (QED) is 0.365. The first-order chi connectivity index (χ1) is 9.70. The van der Waals surface area contributed by atoms with E-state index in [0.717, 1.165) is 35.5 Å². The molecule has 126 valence electrons. The molecule has 0 aromatic rings. The first-order valence-electron chi connectivity index (χ1n) is 7.72. The van der Waals surface area contributed by atoms with Gasteiger partial charge in [-0.2, -0.15) is 12.0 Å². The van der Waals surface area contributed by atoms with E-state index in [1.54, 1.807) is 6.92 Å². The van der Waals surface area contributed by atoms with Crippen molar-refractivity contribution in [1.82, 2.24) is 0 Å². The van der Waals surface area contributed by atoms with E-state index in [1.807, 2.05) is 34.0 Å². The van der Waals surface area contributed by atoms with Gasteiger partial charge in [0.25, 0.3) is 0 Å². The average molecular weight is 476 g/mol. The Morgan fingerprint density at radius 1 is 1.09 bits per heavy atom. The van der Waals surface area contributed by atoms with Crippen LogP contribution in [0.2, 0.25) is 0 Å². The van der Waals surface area contributed by atoms with Crippen LogP contribution in [0.25, 0.3) is 0 Å². The van der Waals surface area contributed by atoms with Crippen molar-refractivity contribution in [1.29, 1.82) is 0 Å². The summed E-state index contributed by atoms with van der Waals surface area (Å²) in [5.74, 6) is 0.913. The first-order valence-corrected chi connectivity index (χ1v) is 7.72. The SMILES string of the molecule is CC[C@H](C)CC/C(C)=C(\C)[C-]=O.[CH2-]C/C(C)=C(\C)C(C)=O.[W+2]. The molecule has 0 aromatic carbocycles. The molecule has 0 spiro atoms. The largest absolute Gasteiger partial charge is 2.00 e. The molecule has 0 fully saturated rings. The summed E-state index contributed by atoms with van der Waals surface area (Å²) in [6.45, 7) is 17.3. The molecule has 0 radical (unpaired) electrons. The zero-order chi connectivity index (χ0) is 17.0. The number of rotatable bonds is 7. The van der Waals surface area contributed by atoms with Crippen molar-refractivity contribution in [2.75, 3.05) is 0 Å². The Morgan fingerprint density at radius 3 is 1.86 bits per heavy atom. The summed E-state index contributed by atoms with van der Waals surface area (Å²) < 4.78 is 0. The fraction of sp³-hybridized carbons (Fsp3) is 0.632. The van der Waals surface area contributed by atoms with Gasteiger partial charge in [0.05, 0.1) is 0 Å².